The fraction of sp³-hybridized carbons (Fsp3) is 0.778. The van der Waals surface area contributed by atoms with Crippen molar-refractivity contribution >= 4 is 22.1 Å². The van der Waals surface area contributed by atoms with Gasteiger partial charge in [-0.1, -0.05) is 6.92 Å². The van der Waals surface area contributed by atoms with E-state index in [2.05, 4.69) is 4.74 Å². The van der Waals surface area contributed by atoms with Crippen LogP contribution < -0.4 is 10.5 Å². The summed E-state index contributed by atoms with van der Waals surface area (Å²) in [4.78, 5) is 11.2. The predicted molar refractivity (Wildman–Crippen MR) is 67.5 cm³/mol. The summed E-state index contributed by atoms with van der Waals surface area (Å²) >= 11 is 0. The molecule has 0 unspecified atom stereocenters. The minimum atomic E-state index is -3.96. The van der Waals surface area contributed by atoms with Crippen molar-refractivity contribution < 1.29 is 17.9 Å². The normalized spacial score (nSPS) is 11.6. The average Bonchev–Trinajstić information content (AvgIpc) is 2.14. The molecule has 0 spiro atoms. The molecule has 0 saturated carbocycles. The summed E-state index contributed by atoms with van der Waals surface area (Å²) < 4.78 is 31.0. The lowest BCUT2D eigenvalue weighted by Gasteiger charge is -2.20. The van der Waals surface area contributed by atoms with Crippen molar-refractivity contribution in [2.24, 2.45) is 5.73 Å². The third-order valence-electron chi connectivity index (χ3n) is 1.88. The van der Waals surface area contributed by atoms with Crippen molar-refractivity contribution in [3.8, 4) is 0 Å². The van der Waals surface area contributed by atoms with Gasteiger partial charge in [-0.3, -0.25) is 5.41 Å². The van der Waals surface area contributed by atoms with Gasteiger partial charge in [0.25, 0.3) is 0 Å². The van der Waals surface area contributed by atoms with E-state index in [-0.39, 0.29) is 25.3 Å². The summed E-state index contributed by atoms with van der Waals surface area (Å²) in [5, 5.41) is 7.05. The van der Waals surface area contributed by atoms with Gasteiger partial charge in [0, 0.05) is 19.5 Å². The monoisotopic (exact) mass is 280 g/mol. The summed E-state index contributed by atoms with van der Waals surface area (Å²) in [7, 11) is -3.96. The Morgan fingerprint density at radius 2 is 2.06 bits per heavy atom. The highest BCUT2D eigenvalue weighted by molar-refractivity contribution is 7.87. The van der Waals surface area contributed by atoms with Gasteiger partial charge in [0.15, 0.2) is 0 Å². The lowest BCUT2D eigenvalue weighted by molar-refractivity contribution is 0.121. The maximum Gasteiger partial charge on any atom is 0.422 e. The molecule has 4 N–H and O–H groups in total. The number of nitrogens with two attached hydrogens (primary N) is 1. The van der Waals surface area contributed by atoms with Crippen LogP contribution in [-0.2, 0) is 14.9 Å². The number of amidine groups is 1. The summed E-state index contributed by atoms with van der Waals surface area (Å²) in [5.41, 5.74) is 5.16. The third kappa shape index (κ3) is 6.40. The molecule has 0 fully saturated rings. The molecule has 0 aromatic rings. The van der Waals surface area contributed by atoms with E-state index in [9.17, 15) is 13.2 Å². The second-order valence-electron chi connectivity index (χ2n) is 3.83. The first-order valence-electron chi connectivity index (χ1n) is 5.50. The number of amides is 1. The first-order valence-corrected chi connectivity index (χ1v) is 6.94. The zero-order chi connectivity index (χ0) is 14.3. The van der Waals surface area contributed by atoms with Crippen molar-refractivity contribution in [1.82, 2.24) is 9.03 Å². The topological polar surface area (TPSA) is 126 Å². The zero-order valence-electron chi connectivity index (χ0n) is 10.8. The summed E-state index contributed by atoms with van der Waals surface area (Å²) in [6.07, 6.45) is -1.33. The van der Waals surface area contributed by atoms with Gasteiger partial charge in [-0.05, 0) is 13.8 Å². The van der Waals surface area contributed by atoms with Crippen LogP contribution in [0.1, 0.15) is 27.2 Å². The molecule has 0 aromatic heterocycles. The van der Waals surface area contributed by atoms with Crippen molar-refractivity contribution in [3.05, 3.63) is 0 Å². The molecule has 0 aromatic carbocycles. The van der Waals surface area contributed by atoms with Crippen LogP contribution >= 0.6 is 0 Å². The van der Waals surface area contributed by atoms with Crippen molar-refractivity contribution in [2.75, 3.05) is 13.1 Å². The van der Waals surface area contributed by atoms with Gasteiger partial charge < -0.3 is 10.5 Å². The van der Waals surface area contributed by atoms with Gasteiger partial charge in [-0.25, -0.2) is 9.52 Å². The third-order valence-corrected chi connectivity index (χ3v) is 3.42. The van der Waals surface area contributed by atoms with Crippen LogP contribution in [0.3, 0.4) is 0 Å². The van der Waals surface area contributed by atoms with Crippen LogP contribution in [0.25, 0.3) is 0 Å². The highest BCUT2D eigenvalue weighted by Gasteiger charge is 2.23. The van der Waals surface area contributed by atoms with Gasteiger partial charge in [-0.2, -0.15) is 12.7 Å². The van der Waals surface area contributed by atoms with E-state index in [1.54, 1.807) is 25.5 Å². The highest BCUT2D eigenvalue weighted by Crippen LogP contribution is 2.00. The number of hydrogen-bond acceptors (Lipinski definition) is 5. The number of rotatable bonds is 7. The minimum Gasteiger partial charge on any atom is -0.446 e. The van der Waals surface area contributed by atoms with Crippen LogP contribution in [0.2, 0.25) is 0 Å². The first-order chi connectivity index (χ1) is 8.19. The summed E-state index contributed by atoms with van der Waals surface area (Å²) in [5.74, 6) is -0.117. The Balaban J connectivity index is 4.57. The van der Waals surface area contributed by atoms with Gasteiger partial charge >= 0.3 is 16.3 Å². The Labute approximate surface area is 107 Å². The number of ether oxygens (including phenoxy) is 1. The quantitative estimate of drug-likeness (QED) is 0.447. The molecule has 18 heavy (non-hydrogen) atoms. The van der Waals surface area contributed by atoms with Gasteiger partial charge in [0.1, 0.15) is 0 Å². The Morgan fingerprint density at radius 3 is 2.44 bits per heavy atom. The van der Waals surface area contributed by atoms with Gasteiger partial charge in [-0.15, -0.1) is 0 Å². The van der Waals surface area contributed by atoms with E-state index in [4.69, 9.17) is 11.1 Å². The maximum absolute atomic E-state index is 11.8. The van der Waals surface area contributed by atoms with Gasteiger partial charge in [0.2, 0.25) is 0 Å². The van der Waals surface area contributed by atoms with E-state index in [0.717, 1.165) is 4.31 Å². The molecule has 0 atom stereocenters. The van der Waals surface area contributed by atoms with Crippen LogP contribution in [0.5, 0.6) is 0 Å². The predicted octanol–water partition coefficient (Wildman–Crippen LogP) is 0.0138. The fourth-order valence-electron chi connectivity index (χ4n) is 1.10. The molecular formula is C9H20N4O4S. The Morgan fingerprint density at radius 1 is 1.50 bits per heavy atom. The number of nitrogens with zero attached hydrogens (tertiary/aromatic N) is 1. The molecule has 0 heterocycles. The molecule has 106 valence electrons. The molecular weight excluding hydrogens is 260 g/mol. The maximum atomic E-state index is 11.8. The van der Waals surface area contributed by atoms with Crippen molar-refractivity contribution in [2.45, 2.75) is 33.3 Å². The molecule has 8 nitrogen and oxygen atoms in total. The van der Waals surface area contributed by atoms with E-state index in [0.29, 0.717) is 0 Å². The lowest BCUT2D eigenvalue weighted by Crippen LogP contribution is -2.45. The summed E-state index contributed by atoms with van der Waals surface area (Å²) in [6.45, 7) is 5.04. The van der Waals surface area contributed by atoms with Crippen LogP contribution in [0.15, 0.2) is 0 Å². The lowest BCUT2D eigenvalue weighted by atomic mass is 10.4. The molecule has 0 rings (SSSR count). The van der Waals surface area contributed by atoms with Crippen molar-refractivity contribution in [1.29, 1.82) is 5.41 Å². The second kappa shape index (κ2) is 7.17. The Bertz CT molecular complexity index is 393. The standard InChI is InChI=1S/C9H20N4O4S/c1-4-13(6-5-8(10)11)18(15,16)12-9(14)17-7(2)3/h7H,4-6H2,1-3H3,(H3,10,11)(H,12,14). The largest absolute Gasteiger partial charge is 0.446 e. The zero-order valence-corrected chi connectivity index (χ0v) is 11.6. The van der Waals surface area contributed by atoms with Crippen LogP contribution in [0.4, 0.5) is 4.79 Å². The first kappa shape index (κ1) is 16.6. The molecule has 0 bridgehead atoms. The van der Waals surface area contributed by atoms with E-state index in [1.165, 1.54) is 0 Å². The molecule has 0 radical (unpaired) electrons. The second-order valence-corrected chi connectivity index (χ2v) is 5.50. The summed E-state index contributed by atoms with van der Waals surface area (Å²) in [6, 6.07) is 0. The molecule has 9 heteroatoms. The molecule has 0 aliphatic carbocycles. The Kier molecular flexibility index (Phi) is 6.63. The number of carbonyl (C=O) groups excluding carboxylic acids is 1. The van der Waals surface area contributed by atoms with Gasteiger partial charge in [0.05, 0.1) is 11.9 Å². The SMILES string of the molecule is CCN(CCC(=N)N)S(=O)(=O)NC(=O)OC(C)C. The minimum absolute atomic E-state index is 0.0378. The van der Waals surface area contributed by atoms with Crippen molar-refractivity contribution in [3.63, 3.8) is 0 Å². The van der Waals surface area contributed by atoms with E-state index >= 15 is 0 Å². The van der Waals surface area contributed by atoms with E-state index < -0.39 is 22.4 Å². The molecule has 1 amide bonds. The number of nitrogens with one attached hydrogen (secondary N) is 2. The highest BCUT2D eigenvalue weighted by atomic mass is 32.2. The van der Waals surface area contributed by atoms with Crippen LogP contribution in [0, 0.1) is 5.41 Å². The number of hydrogen-bond donors (Lipinski definition) is 3. The molecule has 0 aliphatic heterocycles. The van der Waals surface area contributed by atoms with Crippen LogP contribution in [-0.4, -0.2) is 43.8 Å². The smallest absolute Gasteiger partial charge is 0.422 e. The molecule has 0 aliphatic rings. The average molecular weight is 280 g/mol. The van der Waals surface area contributed by atoms with E-state index in [1.807, 2.05) is 0 Å². The molecule has 0 saturated heterocycles. The fourth-order valence-corrected chi connectivity index (χ4v) is 2.16. The Hall–Kier alpha value is -1.35. The number of carbonyl (C=O) groups is 1.